The van der Waals surface area contributed by atoms with Gasteiger partial charge in [0, 0.05) is 7.11 Å². The molecular formula is C12H25NO5S. The summed E-state index contributed by atoms with van der Waals surface area (Å²) < 4.78 is 31.2. The van der Waals surface area contributed by atoms with E-state index in [-0.39, 0.29) is 12.2 Å². The summed E-state index contributed by atoms with van der Waals surface area (Å²) in [7, 11) is -2.20. The van der Waals surface area contributed by atoms with Crippen molar-refractivity contribution in [2.75, 3.05) is 12.9 Å². The number of methoxy groups -OCH3 is 1. The van der Waals surface area contributed by atoms with E-state index in [2.05, 4.69) is 4.72 Å². The molecule has 19 heavy (non-hydrogen) atoms. The number of carboxylic acids is 1. The van der Waals surface area contributed by atoms with Crippen molar-refractivity contribution in [3.63, 3.8) is 0 Å². The SMILES string of the molecule is CCCC(NS(=O)(=O)CC(CC(C)C)OC)C(=O)O. The van der Waals surface area contributed by atoms with Gasteiger partial charge in [0.1, 0.15) is 6.04 Å². The summed E-state index contributed by atoms with van der Waals surface area (Å²) in [5.41, 5.74) is 0. The average Bonchev–Trinajstić information content (AvgIpc) is 2.26. The van der Waals surface area contributed by atoms with Crippen molar-refractivity contribution >= 4 is 16.0 Å². The minimum atomic E-state index is -3.66. The van der Waals surface area contributed by atoms with Crippen LogP contribution in [0.1, 0.15) is 40.0 Å². The Bertz CT molecular complexity index is 366. The van der Waals surface area contributed by atoms with Crippen LogP contribution in [0.2, 0.25) is 0 Å². The fraction of sp³-hybridized carbons (Fsp3) is 0.917. The molecular weight excluding hydrogens is 270 g/mol. The highest BCUT2D eigenvalue weighted by atomic mass is 32.2. The monoisotopic (exact) mass is 295 g/mol. The Hall–Kier alpha value is -0.660. The second kappa shape index (κ2) is 8.50. The summed E-state index contributed by atoms with van der Waals surface area (Å²) in [4.78, 5) is 10.9. The molecule has 2 unspecified atom stereocenters. The first-order valence-corrected chi connectivity index (χ1v) is 8.12. The fourth-order valence-electron chi connectivity index (χ4n) is 1.79. The Kier molecular flexibility index (Phi) is 8.20. The van der Waals surface area contributed by atoms with Crippen LogP contribution < -0.4 is 4.72 Å². The zero-order valence-electron chi connectivity index (χ0n) is 12.0. The van der Waals surface area contributed by atoms with Crippen LogP contribution in [0.5, 0.6) is 0 Å². The Balaban J connectivity index is 4.63. The Morgan fingerprint density at radius 1 is 1.37 bits per heavy atom. The minimum absolute atomic E-state index is 0.213. The molecule has 0 aliphatic heterocycles. The highest BCUT2D eigenvalue weighted by molar-refractivity contribution is 7.89. The van der Waals surface area contributed by atoms with Crippen molar-refractivity contribution in [2.24, 2.45) is 5.92 Å². The lowest BCUT2D eigenvalue weighted by molar-refractivity contribution is -0.139. The van der Waals surface area contributed by atoms with Crippen LogP contribution >= 0.6 is 0 Å². The summed E-state index contributed by atoms with van der Waals surface area (Å²) in [6.07, 6.45) is 1.06. The zero-order valence-corrected chi connectivity index (χ0v) is 12.9. The Morgan fingerprint density at radius 3 is 2.32 bits per heavy atom. The quantitative estimate of drug-likeness (QED) is 0.632. The second-order valence-corrected chi connectivity index (χ2v) is 6.86. The van der Waals surface area contributed by atoms with Gasteiger partial charge < -0.3 is 9.84 Å². The van der Waals surface area contributed by atoms with Gasteiger partial charge in [-0.3, -0.25) is 4.79 Å². The third-order valence-electron chi connectivity index (χ3n) is 2.67. The molecule has 0 aromatic carbocycles. The average molecular weight is 295 g/mol. The smallest absolute Gasteiger partial charge is 0.321 e. The molecule has 7 heteroatoms. The maximum atomic E-state index is 11.9. The molecule has 0 aromatic rings. The third kappa shape index (κ3) is 8.18. The molecule has 0 saturated heterocycles. The molecule has 0 rings (SSSR count). The van der Waals surface area contributed by atoms with Crippen LogP contribution in [0.4, 0.5) is 0 Å². The maximum Gasteiger partial charge on any atom is 0.321 e. The predicted octanol–water partition coefficient (Wildman–Crippen LogP) is 1.22. The zero-order chi connectivity index (χ0) is 15.1. The molecule has 0 saturated carbocycles. The molecule has 6 nitrogen and oxygen atoms in total. The van der Waals surface area contributed by atoms with E-state index >= 15 is 0 Å². The topological polar surface area (TPSA) is 92.7 Å². The number of aliphatic carboxylic acids is 1. The van der Waals surface area contributed by atoms with Crippen LogP contribution in [0.3, 0.4) is 0 Å². The number of carbonyl (C=O) groups is 1. The van der Waals surface area contributed by atoms with Gasteiger partial charge in [-0.1, -0.05) is 27.2 Å². The fourth-order valence-corrected chi connectivity index (χ4v) is 3.30. The van der Waals surface area contributed by atoms with Gasteiger partial charge in [0.05, 0.1) is 11.9 Å². The highest BCUT2D eigenvalue weighted by Gasteiger charge is 2.26. The van der Waals surface area contributed by atoms with Crippen molar-refractivity contribution in [3.8, 4) is 0 Å². The first-order chi connectivity index (χ1) is 8.71. The summed E-state index contributed by atoms with van der Waals surface area (Å²) in [5, 5.41) is 8.95. The highest BCUT2D eigenvalue weighted by Crippen LogP contribution is 2.10. The van der Waals surface area contributed by atoms with Crippen molar-refractivity contribution < 1.29 is 23.1 Å². The Labute approximate surface area is 115 Å². The van der Waals surface area contributed by atoms with E-state index in [1.165, 1.54) is 7.11 Å². The van der Waals surface area contributed by atoms with E-state index < -0.39 is 28.1 Å². The van der Waals surface area contributed by atoms with E-state index in [4.69, 9.17) is 9.84 Å². The second-order valence-electron chi connectivity index (χ2n) is 5.07. The number of sulfonamides is 1. The molecule has 0 aliphatic rings. The van der Waals surface area contributed by atoms with Crippen molar-refractivity contribution in [3.05, 3.63) is 0 Å². The summed E-state index contributed by atoms with van der Waals surface area (Å²) in [5.74, 6) is -1.05. The van der Waals surface area contributed by atoms with Gasteiger partial charge in [-0.25, -0.2) is 13.1 Å². The van der Waals surface area contributed by atoms with Gasteiger partial charge in [0.2, 0.25) is 10.0 Å². The molecule has 0 radical (unpaired) electrons. The largest absolute Gasteiger partial charge is 0.480 e. The Morgan fingerprint density at radius 2 is 1.95 bits per heavy atom. The molecule has 0 aromatic heterocycles. The van der Waals surface area contributed by atoms with Gasteiger partial charge in [-0.05, 0) is 18.8 Å². The van der Waals surface area contributed by atoms with Gasteiger partial charge in [-0.2, -0.15) is 0 Å². The van der Waals surface area contributed by atoms with E-state index in [1.807, 2.05) is 13.8 Å². The van der Waals surface area contributed by atoms with E-state index in [1.54, 1.807) is 6.92 Å². The first-order valence-electron chi connectivity index (χ1n) is 6.47. The lowest BCUT2D eigenvalue weighted by atomic mass is 10.1. The van der Waals surface area contributed by atoms with Crippen LogP contribution in [0, 0.1) is 5.92 Å². The maximum absolute atomic E-state index is 11.9. The first kappa shape index (κ1) is 18.3. The lowest BCUT2D eigenvalue weighted by Gasteiger charge is -2.19. The number of carboxylic acid groups (broad SMARTS) is 1. The van der Waals surface area contributed by atoms with Crippen LogP contribution in [-0.4, -0.2) is 44.5 Å². The van der Waals surface area contributed by atoms with E-state index in [0.29, 0.717) is 18.8 Å². The summed E-state index contributed by atoms with van der Waals surface area (Å²) >= 11 is 0. The molecule has 0 amide bonds. The van der Waals surface area contributed by atoms with Crippen LogP contribution in [-0.2, 0) is 19.6 Å². The number of hydrogen-bond acceptors (Lipinski definition) is 4. The summed E-state index contributed by atoms with van der Waals surface area (Å²) in [6.45, 7) is 5.76. The number of hydrogen-bond donors (Lipinski definition) is 2. The van der Waals surface area contributed by atoms with Gasteiger partial charge in [0.15, 0.2) is 0 Å². The molecule has 0 spiro atoms. The van der Waals surface area contributed by atoms with Crippen LogP contribution in [0.15, 0.2) is 0 Å². The molecule has 0 aliphatic carbocycles. The van der Waals surface area contributed by atoms with Crippen molar-refractivity contribution in [2.45, 2.75) is 52.2 Å². The molecule has 0 heterocycles. The van der Waals surface area contributed by atoms with E-state index in [0.717, 1.165) is 0 Å². The normalized spacial score (nSPS) is 15.4. The molecule has 0 bridgehead atoms. The molecule has 114 valence electrons. The van der Waals surface area contributed by atoms with E-state index in [9.17, 15) is 13.2 Å². The number of rotatable bonds is 10. The standard InChI is InChI=1S/C12H25NO5S/c1-5-6-11(12(14)15)13-19(16,17)8-10(18-4)7-9(2)3/h9-11,13H,5-8H2,1-4H3,(H,14,15). The van der Waals surface area contributed by atoms with Gasteiger partial charge in [0.25, 0.3) is 0 Å². The third-order valence-corrected chi connectivity index (χ3v) is 4.12. The van der Waals surface area contributed by atoms with Gasteiger partial charge in [-0.15, -0.1) is 0 Å². The van der Waals surface area contributed by atoms with Crippen LogP contribution in [0.25, 0.3) is 0 Å². The van der Waals surface area contributed by atoms with Crippen molar-refractivity contribution in [1.29, 1.82) is 0 Å². The predicted molar refractivity (Wildman–Crippen MR) is 73.5 cm³/mol. The number of nitrogens with one attached hydrogen (secondary N) is 1. The molecule has 0 fully saturated rings. The minimum Gasteiger partial charge on any atom is -0.480 e. The number of ether oxygens (including phenoxy) is 1. The lowest BCUT2D eigenvalue weighted by Crippen LogP contribution is -2.44. The molecule has 2 atom stereocenters. The van der Waals surface area contributed by atoms with Gasteiger partial charge >= 0.3 is 5.97 Å². The molecule has 2 N–H and O–H groups in total. The van der Waals surface area contributed by atoms with Crippen molar-refractivity contribution in [1.82, 2.24) is 4.72 Å². The summed E-state index contributed by atoms with van der Waals surface area (Å²) in [6, 6.07) is -1.06.